The molecule has 0 radical (unpaired) electrons. The quantitative estimate of drug-likeness (QED) is 0.482. The highest BCUT2D eigenvalue weighted by Gasteiger charge is 2.46. The number of likely N-dealkylation sites (tertiary alicyclic amines) is 1. The number of hydrogen-bond donors (Lipinski definition) is 3. The van der Waals surface area contributed by atoms with Crippen LogP contribution < -0.4 is 20.9 Å². The van der Waals surface area contributed by atoms with E-state index in [9.17, 15) is 24.0 Å². The maximum absolute atomic E-state index is 14.0. The summed E-state index contributed by atoms with van der Waals surface area (Å²) in [4.78, 5) is 44.9. The van der Waals surface area contributed by atoms with Gasteiger partial charge in [0.2, 0.25) is 5.91 Å². The van der Waals surface area contributed by atoms with E-state index in [-0.39, 0.29) is 23.6 Å². The molecule has 4 rings (SSSR count). The van der Waals surface area contributed by atoms with Crippen molar-refractivity contribution in [1.29, 1.82) is 5.26 Å². The first kappa shape index (κ1) is 29.0. The molecule has 10 nitrogen and oxygen atoms in total. The van der Waals surface area contributed by atoms with Crippen molar-refractivity contribution in [2.24, 2.45) is 5.41 Å². The fraction of sp³-hybridized carbons (Fsp3) is 0.483. The first-order valence-corrected chi connectivity index (χ1v) is 13.4. The monoisotopic (exact) mass is 550 g/mol. The Labute approximate surface area is 233 Å². The highest BCUT2D eigenvalue weighted by atomic mass is 19.1. The molecule has 11 heteroatoms. The number of nitrogens with one attached hydrogen (secondary N) is 3. The van der Waals surface area contributed by atoms with Crippen molar-refractivity contribution in [2.75, 3.05) is 0 Å². The number of hydrazine groups is 1. The number of carbonyl (C=O) groups excluding carboxylic acids is 3. The van der Waals surface area contributed by atoms with Gasteiger partial charge in [-0.05, 0) is 77.3 Å². The van der Waals surface area contributed by atoms with Gasteiger partial charge in [0.25, 0.3) is 11.8 Å². The van der Waals surface area contributed by atoms with Crippen LogP contribution in [0.4, 0.5) is 4.39 Å². The summed E-state index contributed by atoms with van der Waals surface area (Å²) in [6.07, 6.45) is 0.932. The van der Waals surface area contributed by atoms with Crippen LogP contribution in [0.2, 0.25) is 0 Å². The van der Waals surface area contributed by atoms with Gasteiger partial charge < -0.3 is 15.0 Å². The van der Waals surface area contributed by atoms with Crippen LogP contribution in [0, 0.1) is 29.5 Å². The zero-order valence-electron chi connectivity index (χ0n) is 23.3. The summed E-state index contributed by atoms with van der Waals surface area (Å²) in [7, 11) is 0. The molecule has 2 unspecified atom stereocenters. The molecule has 0 spiro atoms. The van der Waals surface area contributed by atoms with E-state index < -0.39 is 41.4 Å². The minimum absolute atomic E-state index is 0.0366. The highest BCUT2D eigenvalue weighted by Crippen LogP contribution is 2.43. The molecule has 3 N–H and O–H groups in total. The number of hydrogen-bond acceptors (Lipinski definition) is 7. The van der Waals surface area contributed by atoms with Crippen LogP contribution in [0.3, 0.4) is 0 Å². The molecule has 2 fully saturated rings. The maximum atomic E-state index is 14.0. The molecule has 2 saturated heterocycles. The van der Waals surface area contributed by atoms with Gasteiger partial charge in [0.15, 0.2) is 6.10 Å². The van der Waals surface area contributed by atoms with Crippen LogP contribution in [0.5, 0.6) is 5.75 Å². The van der Waals surface area contributed by atoms with Crippen molar-refractivity contribution in [3.8, 4) is 11.8 Å². The smallest absolute Gasteiger partial charge is 0.275 e. The average Bonchev–Trinajstić information content (AvgIpc) is 3.37. The van der Waals surface area contributed by atoms with Crippen LogP contribution in [0.1, 0.15) is 74.7 Å². The van der Waals surface area contributed by atoms with Crippen molar-refractivity contribution in [1.82, 2.24) is 26.1 Å². The molecule has 1 aromatic carbocycles. The van der Waals surface area contributed by atoms with Crippen LogP contribution in [0.15, 0.2) is 36.4 Å². The van der Waals surface area contributed by atoms with Gasteiger partial charge in [0.1, 0.15) is 23.3 Å². The zero-order chi connectivity index (χ0) is 29.2. The second kappa shape index (κ2) is 11.6. The number of pyridine rings is 1. The Hall–Kier alpha value is -4.04. The van der Waals surface area contributed by atoms with E-state index in [0.717, 1.165) is 0 Å². The minimum atomic E-state index is -0.934. The van der Waals surface area contributed by atoms with E-state index >= 15 is 0 Å². The van der Waals surface area contributed by atoms with E-state index in [1.165, 1.54) is 18.2 Å². The molecule has 2 aliphatic rings. The molecule has 2 aromatic rings. The van der Waals surface area contributed by atoms with Crippen molar-refractivity contribution in [2.45, 2.75) is 84.2 Å². The number of halogens is 1. The number of ether oxygens (including phenoxy) is 1. The van der Waals surface area contributed by atoms with E-state index in [0.29, 0.717) is 36.3 Å². The number of nitrogens with zero attached hydrogens (tertiary/aromatic N) is 3. The van der Waals surface area contributed by atoms with Gasteiger partial charge in [0.05, 0.1) is 29.3 Å². The van der Waals surface area contributed by atoms with Gasteiger partial charge in [-0.15, -0.1) is 0 Å². The van der Waals surface area contributed by atoms with Crippen LogP contribution in [-0.4, -0.2) is 51.8 Å². The van der Waals surface area contributed by atoms with Crippen molar-refractivity contribution in [3.05, 3.63) is 59.2 Å². The van der Waals surface area contributed by atoms with Gasteiger partial charge in [-0.25, -0.2) is 14.8 Å². The lowest BCUT2D eigenvalue weighted by atomic mass is 9.84. The molecule has 2 aliphatic heterocycles. The van der Waals surface area contributed by atoms with Gasteiger partial charge in [-0.3, -0.25) is 19.8 Å². The molecule has 1 aromatic heterocycles. The number of aromatic nitrogens is 1. The third-order valence-electron chi connectivity index (χ3n) is 7.55. The number of benzene rings is 1. The largest absolute Gasteiger partial charge is 0.479 e. The van der Waals surface area contributed by atoms with E-state index in [1.54, 1.807) is 50.8 Å². The number of carbonyl (C=O) groups is 3. The third-order valence-corrected chi connectivity index (χ3v) is 7.55. The van der Waals surface area contributed by atoms with Gasteiger partial charge in [-0.1, -0.05) is 12.1 Å². The van der Waals surface area contributed by atoms with Gasteiger partial charge in [-0.2, -0.15) is 5.26 Å². The standard InChI is InChI=1S/C29H35FN6O4/c1-16-13-24(27(38)35-34-16)40-23-11-9-21(32-17(23)2)26(37)33-18(3)28(39)36-22(19-7-6-8-20(30)14-19)10-12-25(36)29(4,5)15-31/h6-9,11,14,16,18,22,24-25,34H,10,12-13H2,1-5H3,(H,33,37)(H,35,38)/t16?,18-,22+,24?,25-/m1/s1. The fourth-order valence-corrected chi connectivity index (χ4v) is 5.31. The first-order chi connectivity index (χ1) is 18.9. The fourth-order valence-electron chi connectivity index (χ4n) is 5.31. The summed E-state index contributed by atoms with van der Waals surface area (Å²) in [5, 5.41) is 12.5. The molecule has 5 atom stereocenters. The molecule has 0 saturated carbocycles. The van der Waals surface area contributed by atoms with E-state index in [2.05, 4.69) is 27.2 Å². The highest BCUT2D eigenvalue weighted by molar-refractivity contribution is 5.96. The summed E-state index contributed by atoms with van der Waals surface area (Å²) in [6, 6.07) is 9.73. The summed E-state index contributed by atoms with van der Waals surface area (Å²) in [6.45, 7) is 8.73. The molecule has 3 amide bonds. The van der Waals surface area contributed by atoms with Crippen molar-refractivity contribution in [3.63, 3.8) is 0 Å². The predicted molar refractivity (Wildman–Crippen MR) is 144 cm³/mol. The second-order valence-electron chi connectivity index (χ2n) is 11.1. The van der Waals surface area contributed by atoms with Crippen LogP contribution >= 0.6 is 0 Å². The minimum Gasteiger partial charge on any atom is -0.479 e. The SMILES string of the molecule is Cc1nc(C(=O)N[C@H](C)C(=O)N2[C@H](c3cccc(F)c3)CC[C@@H]2C(C)(C)C#N)ccc1OC1CC(C)NNC1=O. The summed E-state index contributed by atoms with van der Waals surface area (Å²) in [5.41, 5.74) is 5.73. The summed E-state index contributed by atoms with van der Waals surface area (Å²) < 4.78 is 19.9. The average molecular weight is 551 g/mol. The van der Waals surface area contributed by atoms with Gasteiger partial charge >= 0.3 is 0 Å². The normalized spacial score (nSPS) is 23.6. The Morgan fingerprint density at radius 3 is 2.70 bits per heavy atom. The Kier molecular flexibility index (Phi) is 8.40. The van der Waals surface area contributed by atoms with Crippen molar-refractivity contribution < 1.29 is 23.5 Å². The molecular formula is C29H35FN6O4. The number of rotatable bonds is 7. The molecule has 0 aliphatic carbocycles. The summed E-state index contributed by atoms with van der Waals surface area (Å²) in [5.74, 6) is -1.23. The number of aryl methyl sites for hydroxylation is 1. The van der Waals surface area contributed by atoms with E-state index in [1.807, 2.05) is 6.92 Å². The molecule has 40 heavy (non-hydrogen) atoms. The maximum Gasteiger partial charge on any atom is 0.275 e. The predicted octanol–water partition coefficient (Wildman–Crippen LogP) is 3.09. The van der Waals surface area contributed by atoms with Crippen molar-refractivity contribution >= 4 is 17.7 Å². The second-order valence-corrected chi connectivity index (χ2v) is 11.1. The third kappa shape index (κ3) is 6.07. The molecule has 212 valence electrons. The van der Waals surface area contributed by atoms with Crippen LogP contribution in [0.25, 0.3) is 0 Å². The molecular weight excluding hydrogens is 515 g/mol. The Morgan fingerprint density at radius 1 is 1.27 bits per heavy atom. The lowest BCUT2D eigenvalue weighted by molar-refractivity contribution is -0.137. The lowest BCUT2D eigenvalue weighted by Gasteiger charge is -2.38. The number of nitriles is 1. The topological polar surface area (TPSA) is 136 Å². The molecule has 0 bridgehead atoms. The Balaban J connectivity index is 1.50. The summed E-state index contributed by atoms with van der Waals surface area (Å²) >= 11 is 0. The lowest BCUT2D eigenvalue weighted by Crippen LogP contribution is -2.56. The molecule has 3 heterocycles. The van der Waals surface area contributed by atoms with Crippen LogP contribution in [-0.2, 0) is 9.59 Å². The Morgan fingerprint density at radius 2 is 2.02 bits per heavy atom. The first-order valence-electron chi connectivity index (χ1n) is 13.4. The number of amides is 3. The van der Waals surface area contributed by atoms with Gasteiger partial charge in [0, 0.05) is 12.5 Å². The zero-order valence-corrected chi connectivity index (χ0v) is 23.3. The Bertz CT molecular complexity index is 1340. The van der Waals surface area contributed by atoms with E-state index in [4.69, 9.17) is 4.74 Å².